The van der Waals surface area contributed by atoms with Crippen molar-refractivity contribution >= 4 is 5.91 Å². The molecule has 1 N–H and O–H groups in total. The number of hydrogen-bond acceptors (Lipinski definition) is 4. The Bertz CT molecular complexity index is 851. The highest BCUT2D eigenvalue weighted by Crippen LogP contribution is 2.40. The Kier molecular flexibility index (Phi) is 7.38. The van der Waals surface area contributed by atoms with Crippen molar-refractivity contribution < 1.29 is 14.3 Å². The Morgan fingerprint density at radius 3 is 2.40 bits per heavy atom. The van der Waals surface area contributed by atoms with E-state index in [1.54, 1.807) is 14.2 Å². The van der Waals surface area contributed by atoms with Crippen molar-refractivity contribution in [2.45, 2.75) is 45.7 Å². The van der Waals surface area contributed by atoms with Gasteiger partial charge in [0.1, 0.15) is 0 Å². The van der Waals surface area contributed by atoms with Gasteiger partial charge in [-0.15, -0.1) is 0 Å². The van der Waals surface area contributed by atoms with Gasteiger partial charge in [-0.1, -0.05) is 51.1 Å². The Hall–Kier alpha value is -2.53. The average molecular weight is 411 g/mol. The molecule has 162 valence electrons. The molecule has 0 bridgehead atoms. The van der Waals surface area contributed by atoms with E-state index >= 15 is 0 Å². The van der Waals surface area contributed by atoms with E-state index in [4.69, 9.17) is 9.47 Å². The van der Waals surface area contributed by atoms with E-state index in [1.807, 2.05) is 30.3 Å². The molecule has 3 rings (SSSR count). The Labute approximate surface area is 180 Å². The normalized spacial score (nSPS) is 17.3. The van der Waals surface area contributed by atoms with Gasteiger partial charge in [-0.05, 0) is 47.7 Å². The first-order valence-corrected chi connectivity index (χ1v) is 10.8. The molecule has 1 aliphatic heterocycles. The first-order chi connectivity index (χ1) is 14.5. The highest BCUT2D eigenvalue weighted by atomic mass is 16.5. The molecule has 0 fully saturated rings. The number of carbonyl (C=O) groups excluding carboxylic acids is 1. The van der Waals surface area contributed by atoms with E-state index in [1.165, 1.54) is 11.1 Å². The second kappa shape index (κ2) is 9.98. The van der Waals surface area contributed by atoms with Gasteiger partial charge in [0.25, 0.3) is 0 Å². The van der Waals surface area contributed by atoms with Crippen LogP contribution in [0.4, 0.5) is 0 Å². The standard InChI is InChI=1S/C25H34N2O3/c1-6-27-13-12-19-15-21(29-4)22(30-5)16-20(19)25(27)24(17(2)3)26-23(28)14-18-10-8-7-9-11-18/h7-11,15-17,24-25H,6,12-14H2,1-5H3,(H,26,28)/t24-,25-/m1/s1. The monoisotopic (exact) mass is 410 g/mol. The highest BCUT2D eigenvalue weighted by Gasteiger charge is 2.36. The molecule has 1 amide bonds. The van der Waals surface area contributed by atoms with Crippen molar-refractivity contribution in [2.75, 3.05) is 27.3 Å². The number of amides is 1. The van der Waals surface area contributed by atoms with E-state index in [-0.39, 0.29) is 23.9 Å². The van der Waals surface area contributed by atoms with Gasteiger partial charge in [0, 0.05) is 6.54 Å². The van der Waals surface area contributed by atoms with Crippen molar-refractivity contribution in [1.29, 1.82) is 0 Å². The lowest BCUT2D eigenvalue weighted by atomic mass is 9.83. The molecule has 0 aliphatic carbocycles. The predicted octanol–water partition coefficient (Wildman–Crippen LogP) is 4.01. The zero-order chi connectivity index (χ0) is 21.7. The Morgan fingerprint density at radius 1 is 1.13 bits per heavy atom. The fourth-order valence-corrected chi connectivity index (χ4v) is 4.43. The summed E-state index contributed by atoms with van der Waals surface area (Å²) in [4.78, 5) is 15.4. The maximum atomic E-state index is 12.9. The summed E-state index contributed by atoms with van der Waals surface area (Å²) in [5.41, 5.74) is 3.52. The van der Waals surface area contributed by atoms with Crippen LogP contribution >= 0.6 is 0 Å². The molecule has 5 heteroatoms. The van der Waals surface area contributed by atoms with E-state index in [0.29, 0.717) is 6.42 Å². The summed E-state index contributed by atoms with van der Waals surface area (Å²) < 4.78 is 11.1. The second-order valence-electron chi connectivity index (χ2n) is 8.23. The number of likely N-dealkylation sites (N-methyl/N-ethyl adjacent to an activating group) is 1. The van der Waals surface area contributed by atoms with Crippen molar-refractivity contribution in [3.63, 3.8) is 0 Å². The molecule has 0 saturated carbocycles. The average Bonchev–Trinajstić information content (AvgIpc) is 2.76. The Balaban J connectivity index is 1.93. The van der Waals surface area contributed by atoms with Gasteiger partial charge in [-0.3, -0.25) is 9.69 Å². The van der Waals surface area contributed by atoms with Crippen molar-refractivity contribution in [3.8, 4) is 11.5 Å². The highest BCUT2D eigenvalue weighted by molar-refractivity contribution is 5.79. The number of methoxy groups -OCH3 is 2. The molecule has 5 nitrogen and oxygen atoms in total. The minimum atomic E-state index is -0.00156. The zero-order valence-electron chi connectivity index (χ0n) is 18.8. The minimum Gasteiger partial charge on any atom is -0.493 e. The summed E-state index contributed by atoms with van der Waals surface area (Å²) in [6.45, 7) is 8.42. The summed E-state index contributed by atoms with van der Waals surface area (Å²) in [5, 5.41) is 3.35. The predicted molar refractivity (Wildman–Crippen MR) is 120 cm³/mol. The zero-order valence-corrected chi connectivity index (χ0v) is 18.8. The van der Waals surface area contributed by atoms with Crippen LogP contribution in [-0.4, -0.2) is 44.2 Å². The first kappa shape index (κ1) is 22.2. The van der Waals surface area contributed by atoms with Gasteiger partial charge in [-0.25, -0.2) is 0 Å². The van der Waals surface area contributed by atoms with Crippen molar-refractivity contribution in [1.82, 2.24) is 10.2 Å². The third kappa shape index (κ3) is 4.78. The number of nitrogens with zero attached hydrogens (tertiary/aromatic N) is 1. The van der Waals surface area contributed by atoms with Crippen LogP contribution in [0.15, 0.2) is 42.5 Å². The number of hydrogen-bond donors (Lipinski definition) is 1. The summed E-state index contributed by atoms with van der Waals surface area (Å²) in [6, 6.07) is 14.2. The number of ether oxygens (including phenoxy) is 2. The SMILES string of the molecule is CCN1CCc2cc(OC)c(OC)cc2[C@@H]1[C@H](NC(=O)Cc1ccccc1)C(C)C. The number of benzene rings is 2. The van der Waals surface area contributed by atoms with E-state index in [9.17, 15) is 4.79 Å². The van der Waals surface area contributed by atoms with Crippen LogP contribution in [0.3, 0.4) is 0 Å². The lowest BCUT2D eigenvalue weighted by Gasteiger charge is -2.43. The number of fused-ring (bicyclic) bond motifs is 1. The molecule has 0 saturated heterocycles. The number of carbonyl (C=O) groups is 1. The van der Waals surface area contributed by atoms with E-state index < -0.39 is 0 Å². The quantitative estimate of drug-likeness (QED) is 0.715. The largest absolute Gasteiger partial charge is 0.493 e. The summed E-state index contributed by atoms with van der Waals surface area (Å²) >= 11 is 0. The lowest BCUT2D eigenvalue weighted by molar-refractivity contribution is -0.122. The molecule has 30 heavy (non-hydrogen) atoms. The van der Waals surface area contributed by atoms with Crippen LogP contribution in [0.1, 0.15) is 43.5 Å². The van der Waals surface area contributed by atoms with Gasteiger partial charge in [0.2, 0.25) is 5.91 Å². The second-order valence-corrected chi connectivity index (χ2v) is 8.23. The van der Waals surface area contributed by atoms with Gasteiger partial charge >= 0.3 is 0 Å². The number of rotatable bonds is 8. The molecule has 0 aromatic heterocycles. The topological polar surface area (TPSA) is 50.8 Å². The summed E-state index contributed by atoms with van der Waals surface area (Å²) in [6.07, 6.45) is 1.35. The fraction of sp³-hybridized carbons (Fsp3) is 0.480. The fourth-order valence-electron chi connectivity index (χ4n) is 4.43. The molecule has 2 aromatic rings. The molecule has 2 aromatic carbocycles. The van der Waals surface area contributed by atoms with Gasteiger partial charge < -0.3 is 14.8 Å². The third-order valence-electron chi connectivity index (χ3n) is 6.03. The third-order valence-corrected chi connectivity index (χ3v) is 6.03. The first-order valence-electron chi connectivity index (χ1n) is 10.8. The number of nitrogens with one attached hydrogen (secondary N) is 1. The molecule has 2 atom stereocenters. The minimum absolute atomic E-state index is 0.00156. The van der Waals surface area contributed by atoms with E-state index in [0.717, 1.165) is 36.6 Å². The molecule has 0 spiro atoms. The van der Waals surface area contributed by atoms with E-state index in [2.05, 4.69) is 43.1 Å². The molecule has 0 radical (unpaired) electrons. The van der Waals surface area contributed by atoms with Gasteiger partial charge in [-0.2, -0.15) is 0 Å². The summed E-state index contributed by atoms with van der Waals surface area (Å²) in [7, 11) is 3.34. The van der Waals surface area contributed by atoms with Gasteiger partial charge in [0.15, 0.2) is 11.5 Å². The van der Waals surface area contributed by atoms with Crippen molar-refractivity contribution in [3.05, 3.63) is 59.2 Å². The molecule has 1 aliphatic rings. The van der Waals surface area contributed by atoms with Gasteiger partial charge in [0.05, 0.1) is 32.7 Å². The van der Waals surface area contributed by atoms with Crippen LogP contribution in [0.2, 0.25) is 0 Å². The molecule has 0 unspecified atom stereocenters. The van der Waals surface area contributed by atoms with Crippen LogP contribution in [0.5, 0.6) is 11.5 Å². The molecular weight excluding hydrogens is 376 g/mol. The molecular formula is C25H34N2O3. The summed E-state index contributed by atoms with van der Waals surface area (Å²) in [5.74, 6) is 1.83. The maximum absolute atomic E-state index is 12.9. The van der Waals surface area contributed by atoms with Crippen molar-refractivity contribution in [2.24, 2.45) is 5.92 Å². The lowest BCUT2D eigenvalue weighted by Crippen LogP contribution is -2.51. The van der Waals surface area contributed by atoms with Crippen LogP contribution in [0, 0.1) is 5.92 Å². The smallest absolute Gasteiger partial charge is 0.224 e. The van der Waals surface area contributed by atoms with Crippen LogP contribution in [-0.2, 0) is 17.6 Å². The van der Waals surface area contributed by atoms with Crippen LogP contribution < -0.4 is 14.8 Å². The molecule has 1 heterocycles. The maximum Gasteiger partial charge on any atom is 0.224 e. The Morgan fingerprint density at radius 2 is 1.80 bits per heavy atom. The van der Waals surface area contributed by atoms with Crippen LogP contribution in [0.25, 0.3) is 0 Å².